The van der Waals surface area contributed by atoms with Gasteiger partial charge in [-0.2, -0.15) is 0 Å². The molecule has 3 aromatic heterocycles. The van der Waals surface area contributed by atoms with Crippen LogP contribution in [0.2, 0.25) is 0 Å². The number of aromatic nitrogens is 3. The highest BCUT2D eigenvalue weighted by Gasteiger charge is 2.24. The minimum Gasteiger partial charge on any atom is -0.501 e. The fraction of sp³-hybridized carbons (Fsp3) is 0.185. The van der Waals surface area contributed by atoms with E-state index in [0.717, 1.165) is 27.8 Å². The topological polar surface area (TPSA) is 93.3 Å². The minimum absolute atomic E-state index is 0.0628. The molecule has 0 unspecified atom stereocenters. The number of methoxy groups -OCH3 is 1. The van der Waals surface area contributed by atoms with E-state index in [4.69, 9.17) is 14.1 Å². The predicted molar refractivity (Wildman–Crippen MR) is 132 cm³/mol. The van der Waals surface area contributed by atoms with E-state index in [1.54, 1.807) is 14.0 Å². The van der Waals surface area contributed by atoms with Crippen LogP contribution in [0, 0.1) is 6.92 Å². The molecule has 0 amide bonds. The molecule has 5 aromatic rings. The first-order chi connectivity index (χ1) is 16.4. The third kappa shape index (κ3) is 3.55. The Kier molecular flexibility index (Phi) is 5.24. The molecule has 7 nitrogen and oxygen atoms in total. The van der Waals surface area contributed by atoms with Crippen LogP contribution in [0.3, 0.4) is 0 Å². The zero-order valence-electron chi connectivity index (χ0n) is 19.4. The Labute approximate surface area is 196 Å². The second-order valence-corrected chi connectivity index (χ2v) is 8.50. The van der Waals surface area contributed by atoms with E-state index in [1.807, 2.05) is 48.5 Å². The molecule has 3 heterocycles. The number of benzene rings is 2. The summed E-state index contributed by atoms with van der Waals surface area (Å²) in [5, 5.41) is 11.5. The zero-order valence-corrected chi connectivity index (χ0v) is 19.4. The Hall–Kier alpha value is -4.26. The largest absolute Gasteiger partial charge is 0.501 e. The van der Waals surface area contributed by atoms with Crippen LogP contribution in [0.4, 0.5) is 0 Å². The smallest absolute Gasteiger partial charge is 0.227 e. The van der Waals surface area contributed by atoms with E-state index >= 15 is 0 Å². The van der Waals surface area contributed by atoms with Gasteiger partial charge in [0.05, 0.1) is 7.11 Å². The second kappa shape index (κ2) is 8.26. The lowest BCUT2D eigenvalue weighted by Crippen LogP contribution is -2.01. The van der Waals surface area contributed by atoms with Gasteiger partial charge in [-0.1, -0.05) is 30.3 Å². The summed E-state index contributed by atoms with van der Waals surface area (Å²) in [6, 6.07) is 17.0. The summed E-state index contributed by atoms with van der Waals surface area (Å²) < 4.78 is 13.5. The van der Waals surface area contributed by atoms with Crippen molar-refractivity contribution in [1.29, 1.82) is 0 Å². The third-order valence-corrected chi connectivity index (χ3v) is 5.88. The number of hydrogen-bond donors (Lipinski definition) is 2. The van der Waals surface area contributed by atoms with Gasteiger partial charge in [0.15, 0.2) is 5.76 Å². The molecular formula is C27H25N3O4. The molecular weight excluding hydrogens is 430 g/mol. The number of nitrogens with zero attached hydrogens (tertiary/aromatic N) is 2. The number of H-pyrrole nitrogens is 1. The average molecular weight is 456 g/mol. The van der Waals surface area contributed by atoms with E-state index in [0.29, 0.717) is 23.0 Å². The molecule has 0 fully saturated rings. The summed E-state index contributed by atoms with van der Waals surface area (Å²) in [5.41, 5.74) is 3.26. The molecule has 0 atom stereocenters. The van der Waals surface area contributed by atoms with Crippen molar-refractivity contribution in [2.45, 2.75) is 26.8 Å². The van der Waals surface area contributed by atoms with Gasteiger partial charge in [0, 0.05) is 40.3 Å². The molecule has 0 saturated heterocycles. The van der Waals surface area contributed by atoms with Crippen LogP contribution in [0.5, 0.6) is 11.5 Å². The standard InChI is InChI=1S/C27H25N3O4/c1-15(2)30-14-20(19-13-18(33-4)10-11-21(19)30)27-28-23(17-8-6-5-7-9-17)24(29-27)26-25(32)22(31)12-16(3)34-26/h5-15,32H,1-4H3,(H,28,29). The van der Waals surface area contributed by atoms with Crippen LogP contribution in [0.1, 0.15) is 25.6 Å². The molecule has 7 heteroatoms. The maximum Gasteiger partial charge on any atom is 0.227 e. The number of aromatic amines is 1. The number of aromatic hydroxyl groups is 1. The monoisotopic (exact) mass is 455 g/mol. The van der Waals surface area contributed by atoms with E-state index < -0.39 is 11.2 Å². The van der Waals surface area contributed by atoms with Crippen molar-refractivity contribution in [1.82, 2.24) is 14.5 Å². The van der Waals surface area contributed by atoms with E-state index in [1.165, 1.54) is 6.07 Å². The Morgan fingerprint density at radius 2 is 1.88 bits per heavy atom. The summed E-state index contributed by atoms with van der Waals surface area (Å²) in [5.74, 6) is 1.34. The van der Waals surface area contributed by atoms with Crippen LogP contribution < -0.4 is 10.2 Å². The third-order valence-electron chi connectivity index (χ3n) is 5.88. The predicted octanol–water partition coefficient (Wildman–Crippen LogP) is 5.92. The Morgan fingerprint density at radius 3 is 2.59 bits per heavy atom. The molecule has 2 N–H and O–H groups in total. The van der Waals surface area contributed by atoms with E-state index in [2.05, 4.69) is 29.6 Å². The lowest BCUT2D eigenvalue weighted by atomic mass is 10.1. The maximum absolute atomic E-state index is 12.3. The molecule has 172 valence electrons. The van der Waals surface area contributed by atoms with Gasteiger partial charge in [-0.25, -0.2) is 4.98 Å². The number of imidazole rings is 1. The quantitative estimate of drug-likeness (QED) is 0.343. The van der Waals surface area contributed by atoms with Crippen LogP contribution >= 0.6 is 0 Å². The number of fused-ring (bicyclic) bond motifs is 1. The summed E-state index contributed by atoms with van der Waals surface area (Å²) in [6.07, 6.45) is 2.05. The van der Waals surface area contributed by atoms with Crippen molar-refractivity contribution >= 4 is 10.9 Å². The van der Waals surface area contributed by atoms with Crippen molar-refractivity contribution in [2.24, 2.45) is 0 Å². The van der Waals surface area contributed by atoms with Gasteiger partial charge in [-0.15, -0.1) is 0 Å². The highest BCUT2D eigenvalue weighted by Crippen LogP contribution is 2.39. The molecule has 0 spiro atoms. The molecule has 0 aliphatic heterocycles. The van der Waals surface area contributed by atoms with Crippen molar-refractivity contribution < 1.29 is 14.3 Å². The minimum atomic E-state index is -0.505. The number of hydrogen-bond acceptors (Lipinski definition) is 5. The van der Waals surface area contributed by atoms with Crippen LogP contribution in [0.25, 0.3) is 45.0 Å². The molecule has 34 heavy (non-hydrogen) atoms. The molecule has 5 rings (SSSR count). The normalized spacial score (nSPS) is 11.4. The fourth-order valence-corrected chi connectivity index (χ4v) is 4.22. The van der Waals surface area contributed by atoms with Crippen molar-refractivity contribution in [3.8, 4) is 45.6 Å². The lowest BCUT2D eigenvalue weighted by Gasteiger charge is -2.09. The second-order valence-electron chi connectivity index (χ2n) is 8.50. The highest BCUT2D eigenvalue weighted by atomic mass is 16.5. The van der Waals surface area contributed by atoms with Gasteiger partial charge in [0.25, 0.3) is 0 Å². The molecule has 0 saturated carbocycles. The number of aryl methyl sites for hydroxylation is 1. The molecule has 2 aromatic carbocycles. The van der Waals surface area contributed by atoms with Crippen LogP contribution in [0.15, 0.2) is 70.0 Å². The molecule has 0 aliphatic rings. The number of nitrogens with one attached hydrogen (secondary N) is 1. The van der Waals surface area contributed by atoms with Gasteiger partial charge in [0.1, 0.15) is 28.7 Å². The molecule has 0 aliphatic carbocycles. The van der Waals surface area contributed by atoms with Crippen molar-refractivity contribution in [2.75, 3.05) is 7.11 Å². The molecule has 0 radical (unpaired) electrons. The summed E-state index contributed by atoms with van der Waals surface area (Å²) in [7, 11) is 1.64. The Morgan fingerprint density at radius 1 is 1.12 bits per heavy atom. The number of rotatable bonds is 5. The van der Waals surface area contributed by atoms with Crippen molar-refractivity contribution in [3.05, 3.63) is 76.8 Å². The van der Waals surface area contributed by atoms with Crippen LogP contribution in [-0.4, -0.2) is 26.8 Å². The first-order valence-electron chi connectivity index (χ1n) is 11.1. The van der Waals surface area contributed by atoms with Crippen LogP contribution in [-0.2, 0) is 0 Å². The maximum atomic E-state index is 12.3. The summed E-state index contributed by atoms with van der Waals surface area (Å²) in [6.45, 7) is 5.91. The van der Waals surface area contributed by atoms with Gasteiger partial charge in [-0.3, -0.25) is 4.79 Å². The highest BCUT2D eigenvalue weighted by molar-refractivity contribution is 5.96. The van der Waals surface area contributed by atoms with E-state index in [-0.39, 0.29) is 11.8 Å². The first kappa shape index (κ1) is 21.6. The Bertz CT molecular complexity index is 1560. The fourth-order valence-electron chi connectivity index (χ4n) is 4.22. The Balaban J connectivity index is 1.82. The van der Waals surface area contributed by atoms with Gasteiger partial charge in [0.2, 0.25) is 11.2 Å². The first-order valence-corrected chi connectivity index (χ1v) is 11.1. The SMILES string of the molecule is COc1ccc2c(c1)c(-c1nc(-c3ccccc3)c(-c3oc(C)cc(=O)c3O)[nH]1)cn2C(C)C. The number of ether oxygens (including phenoxy) is 1. The van der Waals surface area contributed by atoms with Crippen molar-refractivity contribution in [3.63, 3.8) is 0 Å². The van der Waals surface area contributed by atoms with E-state index in [9.17, 15) is 9.90 Å². The zero-order chi connectivity index (χ0) is 24.0. The van der Waals surface area contributed by atoms with Gasteiger partial charge < -0.3 is 23.8 Å². The molecule has 0 bridgehead atoms. The van der Waals surface area contributed by atoms with Gasteiger partial charge >= 0.3 is 0 Å². The summed E-state index contributed by atoms with van der Waals surface area (Å²) in [4.78, 5) is 20.6. The van der Waals surface area contributed by atoms with Gasteiger partial charge in [-0.05, 0) is 39.0 Å². The summed E-state index contributed by atoms with van der Waals surface area (Å²) >= 11 is 0. The lowest BCUT2D eigenvalue weighted by molar-refractivity contribution is 0.415. The average Bonchev–Trinajstić information content (AvgIpc) is 3.43.